The SMILES string of the molecule is O=c1ccn(/N=N/c2cccc3ccccc23)[nH]1. The smallest absolute Gasteiger partial charge is 0.265 e. The Hall–Kier alpha value is -2.69. The van der Waals surface area contributed by atoms with Crippen molar-refractivity contribution in [2.45, 2.75) is 0 Å². The lowest BCUT2D eigenvalue weighted by atomic mass is 10.1. The van der Waals surface area contributed by atoms with Crippen LogP contribution in [0.4, 0.5) is 5.69 Å². The van der Waals surface area contributed by atoms with E-state index in [0.29, 0.717) is 0 Å². The Morgan fingerprint density at radius 3 is 2.67 bits per heavy atom. The van der Waals surface area contributed by atoms with Gasteiger partial charge in [-0.3, -0.25) is 4.79 Å². The van der Waals surface area contributed by atoms with Gasteiger partial charge in [-0.1, -0.05) is 36.4 Å². The summed E-state index contributed by atoms with van der Waals surface area (Å²) in [5, 5.41) is 12.7. The number of hydrogen-bond donors (Lipinski definition) is 1. The molecule has 0 aliphatic carbocycles. The number of H-pyrrole nitrogens is 1. The molecule has 0 unspecified atom stereocenters. The summed E-state index contributed by atoms with van der Waals surface area (Å²) in [4.78, 5) is 12.2. The van der Waals surface area contributed by atoms with Gasteiger partial charge in [0.15, 0.2) is 0 Å². The maximum absolute atomic E-state index is 10.9. The second-order valence-electron chi connectivity index (χ2n) is 3.82. The minimum atomic E-state index is -0.202. The van der Waals surface area contributed by atoms with E-state index in [0.717, 1.165) is 16.5 Å². The van der Waals surface area contributed by atoms with E-state index >= 15 is 0 Å². The first-order valence-corrected chi connectivity index (χ1v) is 5.50. The van der Waals surface area contributed by atoms with Gasteiger partial charge < -0.3 is 0 Å². The first-order valence-electron chi connectivity index (χ1n) is 5.50. The van der Waals surface area contributed by atoms with E-state index in [1.165, 1.54) is 17.1 Å². The third kappa shape index (κ3) is 1.93. The molecule has 0 saturated heterocycles. The molecule has 2 aromatic carbocycles. The molecule has 0 saturated carbocycles. The second kappa shape index (κ2) is 4.29. The zero-order valence-electron chi connectivity index (χ0n) is 9.45. The molecule has 0 radical (unpaired) electrons. The topological polar surface area (TPSA) is 62.5 Å². The lowest BCUT2D eigenvalue weighted by Crippen LogP contribution is -1.99. The minimum Gasteiger partial charge on any atom is -0.268 e. The zero-order chi connectivity index (χ0) is 12.4. The quantitative estimate of drug-likeness (QED) is 0.685. The molecular weight excluding hydrogens is 228 g/mol. The summed E-state index contributed by atoms with van der Waals surface area (Å²) in [6.45, 7) is 0. The monoisotopic (exact) mass is 238 g/mol. The number of aromatic nitrogens is 2. The van der Waals surface area contributed by atoms with E-state index in [-0.39, 0.29) is 5.56 Å². The van der Waals surface area contributed by atoms with Crippen LogP contribution in [0, 0.1) is 0 Å². The molecule has 1 aromatic heterocycles. The average Bonchev–Trinajstić information content (AvgIpc) is 2.82. The summed E-state index contributed by atoms with van der Waals surface area (Å²) in [7, 11) is 0. The standard InChI is InChI=1S/C13H10N4O/c18-13-8-9-17(15-13)16-14-12-7-3-5-10-4-1-2-6-11(10)12/h1-9H,(H,15,18)/b16-14+. The molecule has 0 aliphatic heterocycles. The van der Waals surface area contributed by atoms with Crippen molar-refractivity contribution in [1.82, 2.24) is 9.89 Å². The highest BCUT2D eigenvalue weighted by Crippen LogP contribution is 2.25. The molecule has 3 rings (SSSR count). The van der Waals surface area contributed by atoms with Crippen LogP contribution in [0.25, 0.3) is 10.8 Å². The number of hydrogen-bond acceptors (Lipinski definition) is 3. The van der Waals surface area contributed by atoms with Crippen LogP contribution in [0.1, 0.15) is 0 Å². The number of rotatable bonds is 2. The van der Waals surface area contributed by atoms with Crippen LogP contribution in [0.2, 0.25) is 0 Å². The molecule has 3 aromatic rings. The van der Waals surface area contributed by atoms with Crippen molar-refractivity contribution in [3.05, 3.63) is 65.1 Å². The maximum atomic E-state index is 10.9. The Labute approximate surface area is 102 Å². The van der Waals surface area contributed by atoms with Crippen LogP contribution in [0.15, 0.2) is 69.9 Å². The van der Waals surface area contributed by atoms with Gasteiger partial charge >= 0.3 is 0 Å². The fourth-order valence-corrected chi connectivity index (χ4v) is 1.77. The van der Waals surface area contributed by atoms with Gasteiger partial charge in [0.25, 0.3) is 5.56 Å². The molecule has 18 heavy (non-hydrogen) atoms. The molecule has 5 heteroatoms. The van der Waals surface area contributed by atoms with E-state index in [1.807, 2.05) is 42.5 Å². The highest BCUT2D eigenvalue weighted by Gasteiger charge is 1.98. The van der Waals surface area contributed by atoms with Gasteiger partial charge in [0.05, 0.1) is 11.9 Å². The Morgan fingerprint density at radius 1 is 1.00 bits per heavy atom. The molecule has 0 fully saturated rings. The summed E-state index contributed by atoms with van der Waals surface area (Å²) in [5.41, 5.74) is 0.564. The lowest BCUT2D eigenvalue weighted by Gasteiger charge is -1.99. The van der Waals surface area contributed by atoms with Crippen molar-refractivity contribution in [3.63, 3.8) is 0 Å². The summed E-state index contributed by atoms with van der Waals surface area (Å²) in [6.07, 6.45) is 1.52. The normalized spacial score (nSPS) is 11.3. The Balaban J connectivity index is 2.05. The number of benzene rings is 2. The molecule has 0 amide bonds. The summed E-state index contributed by atoms with van der Waals surface area (Å²) in [6, 6.07) is 15.2. The largest absolute Gasteiger partial charge is 0.268 e. The van der Waals surface area contributed by atoms with Crippen LogP contribution in [0.5, 0.6) is 0 Å². The number of nitrogens with one attached hydrogen (secondary N) is 1. The summed E-state index contributed by atoms with van der Waals surface area (Å²) < 4.78 is 0. The fraction of sp³-hybridized carbons (Fsp3) is 0. The van der Waals surface area contributed by atoms with Crippen LogP contribution in [-0.4, -0.2) is 9.89 Å². The molecule has 0 atom stereocenters. The Bertz CT molecular complexity index is 764. The number of fused-ring (bicyclic) bond motifs is 1. The summed E-state index contributed by atoms with van der Waals surface area (Å²) in [5.74, 6) is 0. The number of aromatic amines is 1. The van der Waals surface area contributed by atoms with Crippen molar-refractivity contribution in [2.24, 2.45) is 10.3 Å². The first kappa shape index (κ1) is 10.5. The van der Waals surface area contributed by atoms with Crippen molar-refractivity contribution in [3.8, 4) is 0 Å². The van der Waals surface area contributed by atoms with Gasteiger partial charge in [-0.15, -0.1) is 5.11 Å². The first-order chi connectivity index (χ1) is 8.83. The van der Waals surface area contributed by atoms with Gasteiger partial charge in [-0.25, -0.2) is 5.10 Å². The van der Waals surface area contributed by atoms with E-state index in [9.17, 15) is 4.79 Å². The highest BCUT2D eigenvalue weighted by molar-refractivity contribution is 5.92. The second-order valence-corrected chi connectivity index (χ2v) is 3.82. The summed E-state index contributed by atoms with van der Waals surface area (Å²) >= 11 is 0. The molecule has 0 aliphatic rings. The zero-order valence-corrected chi connectivity index (χ0v) is 9.45. The van der Waals surface area contributed by atoms with Crippen molar-refractivity contribution in [2.75, 3.05) is 0 Å². The minimum absolute atomic E-state index is 0.202. The maximum Gasteiger partial charge on any atom is 0.265 e. The average molecular weight is 238 g/mol. The van der Waals surface area contributed by atoms with Gasteiger partial charge in [0.1, 0.15) is 0 Å². The van der Waals surface area contributed by atoms with Gasteiger partial charge in [-0.05, 0) is 16.7 Å². The van der Waals surface area contributed by atoms with Crippen LogP contribution in [-0.2, 0) is 0 Å². The predicted octanol–water partition coefficient (Wildman–Crippen LogP) is 2.88. The predicted molar refractivity (Wildman–Crippen MR) is 68.9 cm³/mol. The van der Waals surface area contributed by atoms with Crippen molar-refractivity contribution in [1.29, 1.82) is 0 Å². The van der Waals surface area contributed by atoms with Gasteiger partial charge in [0, 0.05) is 11.5 Å². The molecule has 88 valence electrons. The van der Waals surface area contributed by atoms with Gasteiger partial charge in [-0.2, -0.15) is 4.79 Å². The van der Waals surface area contributed by atoms with E-state index in [1.54, 1.807) is 0 Å². The number of nitrogens with zero attached hydrogens (tertiary/aromatic N) is 3. The van der Waals surface area contributed by atoms with Crippen LogP contribution in [0.3, 0.4) is 0 Å². The Kier molecular flexibility index (Phi) is 2.49. The molecule has 5 nitrogen and oxygen atoms in total. The Morgan fingerprint density at radius 2 is 1.83 bits per heavy atom. The van der Waals surface area contributed by atoms with E-state index in [4.69, 9.17) is 0 Å². The highest BCUT2D eigenvalue weighted by atomic mass is 16.1. The lowest BCUT2D eigenvalue weighted by molar-refractivity contribution is 0.685. The molecule has 0 spiro atoms. The van der Waals surface area contributed by atoms with Crippen LogP contribution < -0.4 is 5.56 Å². The van der Waals surface area contributed by atoms with Crippen LogP contribution >= 0.6 is 0 Å². The molecule has 1 N–H and O–H groups in total. The van der Waals surface area contributed by atoms with E-state index in [2.05, 4.69) is 15.4 Å². The third-order valence-corrected chi connectivity index (χ3v) is 2.61. The molecular formula is C13H10N4O. The van der Waals surface area contributed by atoms with Gasteiger partial charge in [0.2, 0.25) is 0 Å². The van der Waals surface area contributed by atoms with Crippen molar-refractivity contribution >= 4 is 16.5 Å². The van der Waals surface area contributed by atoms with Crippen molar-refractivity contribution < 1.29 is 0 Å². The fourth-order valence-electron chi connectivity index (χ4n) is 1.77. The molecule has 1 heterocycles. The molecule has 0 bridgehead atoms. The third-order valence-electron chi connectivity index (χ3n) is 2.61. The van der Waals surface area contributed by atoms with E-state index < -0.39 is 0 Å².